The molecule has 99 heavy (non-hydrogen) atoms. The Kier molecular flexibility index (Phi) is 64.0. The van der Waals surface area contributed by atoms with Gasteiger partial charge in [0, 0.05) is 6.42 Å². The summed E-state index contributed by atoms with van der Waals surface area (Å²) >= 11 is 0. The van der Waals surface area contributed by atoms with E-state index in [0.717, 1.165) is 57.8 Å². The minimum atomic E-state index is -1.80. The van der Waals surface area contributed by atoms with Crippen LogP contribution in [0.2, 0.25) is 0 Å². The van der Waals surface area contributed by atoms with Crippen LogP contribution in [-0.4, -0.2) is 140 Å². The molecule has 2 rings (SSSR count). The van der Waals surface area contributed by atoms with Crippen LogP contribution in [-0.2, 0) is 23.7 Å². The summed E-state index contributed by atoms with van der Waals surface area (Å²) in [5, 5.41) is 87.7. The van der Waals surface area contributed by atoms with Gasteiger partial charge >= 0.3 is 0 Å². The Morgan fingerprint density at radius 3 is 1.06 bits per heavy atom. The average molecular weight is 1400 g/mol. The standard InChI is InChI=1S/C85H155NO13/c1-3-5-7-9-11-13-15-17-19-21-23-25-27-29-31-33-34-35-36-37-38-39-40-41-43-45-47-49-51-53-55-57-59-61-63-65-67-69-77(90)86-73(72-96-84-82(95)80(93)83(76(71-88)98-84)99-85-81(94)79(92)78(91)75(70-87)97-85)74(89)68-66-64-62-60-58-56-54-52-50-48-46-44-42-32-30-28-26-24-22-20-18-16-14-12-10-8-6-4-2/h15,17,21,23,27,29,50,52,58,60,66,68,73-76,78-85,87-89,91-95H,3-14,16,18-20,22,24-26,28,30-49,51,53-57,59,61-65,67,69-72H2,1-2H3,(H,86,90)/b17-15-,23-21-,29-27-,52-50+,60-58+,68-66+. The number of aliphatic hydroxyl groups excluding tert-OH is 8. The van der Waals surface area contributed by atoms with Gasteiger partial charge in [-0.05, 0) is 83.5 Å². The molecule has 0 spiro atoms. The summed E-state index contributed by atoms with van der Waals surface area (Å²) in [6.07, 6.45) is 78.6. The first-order valence-corrected chi connectivity index (χ1v) is 41.7. The quantitative estimate of drug-likeness (QED) is 0.0204. The third-order valence-electron chi connectivity index (χ3n) is 20.1. The maximum atomic E-state index is 13.4. The molecule has 1 amide bonds. The van der Waals surface area contributed by atoms with E-state index in [9.17, 15) is 45.6 Å². The van der Waals surface area contributed by atoms with E-state index in [1.165, 1.54) is 276 Å². The second-order valence-corrected chi connectivity index (χ2v) is 29.2. The lowest BCUT2D eigenvalue weighted by Crippen LogP contribution is -2.65. The number of nitrogens with one attached hydrogen (secondary N) is 1. The van der Waals surface area contributed by atoms with Crippen molar-refractivity contribution in [2.24, 2.45) is 0 Å². The van der Waals surface area contributed by atoms with Crippen molar-refractivity contribution in [1.82, 2.24) is 5.32 Å². The fourth-order valence-corrected chi connectivity index (χ4v) is 13.5. The highest BCUT2D eigenvalue weighted by molar-refractivity contribution is 5.76. The third-order valence-corrected chi connectivity index (χ3v) is 20.1. The van der Waals surface area contributed by atoms with E-state index in [-0.39, 0.29) is 18.9 Å². The van der Waals surface area contributed by atoms with Crippen molar-refractivity contribution in [3.8, 4) is 0 Å². The van der Waals surface area contributed by atoms with Crippen LogP contribution < -0.4 is 5.32 Å². The van der Waals surface area contributed by atoms with E-state index in [2.05, 4.69) is 79.9 Å². The fraction of sp³-hybridized carbons (Fsp3) is 0.847. The van der Waals surface area contributed by atoms with Gasteiger partial charge in [0.2, 0.25) is 5.91 Å². The highest BCUT2D eigenvalue weighted by Crippen LogP contribution is 2.30. The molecule has 2 aliphatic rings. The summed E-state index contributed by atoms with van der Waals surface area (Å²) in [5.74, 6) is -0.248. The monoisotopic (exact) mass is 1400 g/mol. The molecule has 0 aromatic carbocycles. The molecular formula is C85H155NO13. The summed E-state index contributed by atoms with van der Waals surface area (Å²) in [6, 6.07) is -0.942. The van der Waals surface area contributed by atoms with Gasteiger partial charge in [0.15, 0.2) is 12.6 Å². The maximum Gasteiger partial charge on any atom is 0.220 e. The zero-order valence-electron chi connectivity index (χ0n) is 63.5. The average Bonchev–Trinajstić information content (AvgIpc) is 0.793. The predicted molar refractivity (Wildman–Crippen MR) is 410 cm³/mol. The van der Waals surface area contributed by atoms with E-state index in [1.807, 2.05) is 6.08 Å². The Labute approximate surface area is 606 Å². The molecule has 0 aromatic rings. The first-order valence-electron chi connectivity index (χ1n) is 41.7. The lowest BCUT2D eigenvalue weighted by Gasteiger charge is -2.46. The molecule has 2 fully saturated rings. The smallest absolute Gasteiger partial charge is 0.220 e. The van der Waals surface area contributed by atoms with Crippen molar-refractivity contribution in [3.05, 3.63) is 72.9 Å². The van der Waals surface area contributed by atoms with Gasteiger partial charge in [-0.25, -0.2) is 0 Å². The second-order valence-electron chi connectivity index (χ2n) is 29.2. The Morgan fingerprint density at radius 1 is 0.364 bits per heavy atom. The largest absolute Gasteiger partial charge is 0.394 e. The number of allylic oxidation sites excluding steroid dienone is 11. The van der Waals surface area contributed by atoms with Crippen LogP contribution in [0.15, 0.2) is 72.9 Å². The molecule has 0 radical (unpaired) electrons. The number of unbranched alkanes of at least 4 members (excludes halogenated alkanes) is 47. The second kappa shape index (κ2) is 68.5. The van der Waals surface area contributed by atoms with Crippen molar-refractivity contribution in [3.63, 3.8) is 0 Å². The number of hydrogen-bond acceptors (Lipinski definition) is 13. The molecule has 0 bridgehead atoms. The lowest BCUT2D eigenvalue weighted by atomic mass is 9.97. The van der Waals surface area contributed by atoms with Crippen LogP contribution in [0.3, 0.4) is 0 Å². The molecule has 14 nitrogen and oxygen atoms in total. The zero-order valence-corrected chi connectivity index (χ0v) is 63.5. The van der Waals surface area contributed by atoms with E-state index in [1.54, 1.807) is 6.08 Å². The van der Waals surface area contributed by atoms with Crippen LogP contribution >= 0.6 is 0 Å². The topological polar surface area (TPSA) is 228 Å². The summed E-state index contributed by atoms with van der Waals surface area (Å²) < 4.78 is 22.9. The number of aliphatic hydroxyl groups is 8. The van der Waals surface area contributed by atoms with Crippen LogP contribution in [0.5, 0.6) is 0 Å². The number of carbonyl (C=O) groups is 1. The van der Waals surface area contributed by atoms with Gasteiger partial charge in [-0.2, -0.15) is 0 Å². The molecule has 2 saturated heterocycles. The molecule has 0 saturated carbocycles. The van der Waals surface area contributed by atoms with Gasteiger partial charge in [-0.3, -0.25) is 4.79 Å². The first-order chi connectivity index (χ1) is 48.6. The molecule has 12 unspecified atom stereocenters. The summed E-state index contributed by atoms with van der Waals surface area (Å²) in [6.45, 7) is 2.82. The van der Waals surface area contributed by atoms with Crippen molar-refractivity contribution in [2.75, 3.05) is 19.8 Å². The third kappa shape index (κ3) is 51.3. The molecule has 2 heterocycles. The molecule has 0 aromatic heterocycles. The Balaban J connectivity index is 1.61. The molecular weight excluding hydrogens is 1240 g/mol. The van der Waals surface area contributed by atoms with Crippen LogP contribution in [0, 0.1) is 0 Å². The van der Waals surface area contributed by atoms with Gasteiger partial charge in [-0.1, -0.05) is 350 Å². The molecule has 14 heteroatoms. The van der Waals surface area contributed by atoms with E-state index < -0.39 is 86.8 Å². The summed E-state index contributed by atoms with van der Waals surface area (Å²) in [5.41, 5.74) is 0. The van der Waals surface area contributed by atoms with Crippen LogP contribution in [0.4, 0.5) is 0 Å². The van der Waals surface area contributed by atoms with Gasteiger partial charge in [-0.15, -0.1) is 0 Å². The lowest BCUT2D eigenvalue weighted by molar-refractivity contribution is -0.359. The van der Waals surface area contributed by atoms with Gasteiger partial charge in [0.1, 0.15) is 48.8 Å². The Morgan fingerprint density at radius 2 is 0.677 bits per heavy atom. The van der Waals surface area contributed by atoms with Gasteiger partial charge in [0.25, 0.3) is 0 Å². The number of carbonyl (C=O) groups excluding carboxylic acids is 1. The molecule has 12 atom stereocenters. The fourth-order valence-electron chi connectivity index (χ4n) is 13.5. The van der Waals surface area contributed by atoms with E-state index >= 15 is 0 Å². The van der Waals surface area contributed by atoms with Crippen molar-refractivity contribution in [2.45, 2.75) is 441 Å². The van der Waals surface area contributed by atoms with Crippen LogP contribution in [0.1, 0.15) is 367 Å². The van der Waals surface area contributed by atoms with Crippen molar-refractivity contribution < 1.29 is 64.6 Å². The van der Waals surface area contributed by atoms with E-state index in [0.29, 0.717) is 12.8 Å². The van der Waals surface area contributed by atoms with Gasteiger partial charge < -0.3 is 65.1 Å². The SMILES string of the molecule is CCCCCCC/C=C\C/C=C\C/C=C\CCCCCCCCCCCCCCCCCCCCCCCCC(=O)NC(COC1OC(CO)C(OC2OC(CO)C(O)C(O)C2O)C(O)C1O)C(O)/C=C/CC/C=C/CC/C=C/CCCCCCCCCCCCCCCCCCCC. The Hall–Kier alpha value is -2.57. The number of ether oxygens (including phenoxy) is 4. The summed E-state index contributed by atoms with van der Waals surface area (Å²) in [7, 11) is 0. The molecule has 2 aliphatic heterocycles. The number of amides is 1. The predicted octanol–water partition coefficient (Wildman–Crippen LogP) is 19.3. The van der Waals surface area contributed by atoms with Crippen LogP contribution in [0.25, 0.3) is 0 Å². The molecule has 0 aliphatic carbocycles. The van der Waals surface area contributed by atoms with Crippen molar-refractivity contribution >= 4 is 5.91 Å². The minimum Gasteiger partial charge on any atom is -0.394 e. The van der Waals surface area contributed by atoms with Gasteiger partial charge in [0.05, 0.1) is 32.0 Å². The van der Waals surface area contributed by atoms with E-state index in [4.69, 9.17) is 18.9 Å². The minimum absolute atomic E-state index is 0.248. The molecule has 578 valence electrons. The van der Waals surface area contributed by atoms with Crippen molar-refractivity contribution in [1.29, 1.82) is 0 Å². The highest BCUT2D eigenvalue weighted by atomic mass is 16.7. The maximum absolute atomic E-state index is 13.4. The number of hydrogen-bond donors (Lipinski definition) is 9. The highest BCUT2D eigenvalue weighted by Gasteiger charge is 2.51. The molecule has 9 N–H and O–H groups in total. The Bertz CT molecular complexity index is 1940. The summed E-state index contributed by atoms with van der Waals surface area (Å²) in [4.78, 5) is 13.4. The number of rotatable bonds is 70. The normalized spacial score (nSPS) is 22.3. The first kappa shape index (κ1) is 92.5. The zero-order chi connectivity index (χ0) is 71.5.